The normalized spacial score (nSPS) is 12.7. The van der Waals surface area contributed by atoms with Crippen LogP contribution in [0.4, 0.5) is 5.95 Å². The number of sulfonamides is 2. The molecule has 0 aliphatic carbocycles. The van der Waals surface area contributed by atoms with Crippen LogP contribution in [0.2, 0.25) is 0 Å². The van der Waals surface area contributed by atoms with Crippen molar-refractivity contribution < 1.29 is 26.8 Å². The van der Waals surface area contributed by atoms with E-state index >= 15 is 0 Å². The summed E-state index contributed by atoms with van der Waals surface area (Å²) in [7, 11) is -4.69. The van der Waals surface area contributed by atoms with Crippen LogP contribution < -0.4 is 15.5 Å². The predicted molar refractivity (Wildman–Crippen MR) is 104 cm³/mol. The summed E-state index contributed by atoms with van der Waals surface area (Å²) in [4.78, 5) is 6.95. The molecule has 3 N–H and O–H groups in total. The molecule has 1 aromatic carbocycles. The lowest BCUT2D eigenvalue weighted by atomic mass is 10.4. The number of aryl methyl sites for hydroxylation is 1. The zero-order chi connectivity index (χ0) is 21.8. The number of methoxy groups -OCH3 is 1. The number of aromatic nitrogens is 2. The Morgan fingerprint density at radius 1 is 1.14 bits per heavy atom. The third-order valence-electron chi connectivity index (χ3n) is 3.47. The van der Waals surface area contributed by atoms with Crippen molar-refractivity contribution in [3.05, 3.63) is 36.0 Å². The second kappa shape index (κ2) is 8.69. The van der Waals surface area contributed by atoms with Crippen LogP contribution in [-0.4, -0.2) is 63.5 Å². The molecule has 1 heterocycles. The van der Waals surface area contributed by atoms with E-state index in [9.17, 15) is 22.0 Å². The topological polar surface area (TPSA) is 163 Å². The lowest BCUT2D eigenvalue weighted by molar-refractivity contribution is 0.234. The first-order valence-electron chi connectivity index (χ1n) is 7.94. The van der Waals surface area contributed by atoms with Gasteiger partial charge in [0.15, 0.2) is 0 Å². The highest BCUT2D eigenvalue weighted by Gasteiger charge is 2.28. The summed E-state index contributed by atoms with van der Waals surface area (Å²) in [6.07, 6.45) is 0. The van der Waals surface area contributed by atoms with E-state index in [1.807, 2.05) is 0 Å². The largest absolute Gasteiger partial charge is 0.481 e. The van der Waals surface area contributed by atoms with Crippen molar-refractivity contribution in [1.29, 1.82) is 0 Å². The molecule has 2 rings (SSSR count). The van der Waals surface area contributed by atoms with E-state index in [0.29, 0.717) is 5.69 Å². The predicted octanol–water partition coefficient (Wildman–Crippen LogP) is 0.180. The molecule has 0 bridgehead atoms. The van der Waals surface area contributed by atoms with Crippen LogP contribution in [-0.2, 0) is 20.0 Å². The molecule has 0 saturated carbocycles. The first-order chi connectivity index (χ1) is 13.5. The Morgan fingerprint density at radius 3 is 2.31 bits per heavy atom. The molecule has 12 nitrogen and oxygen atoms in total. The summed E-state index contributed by atoms with van der Waals surface area (Å²) in [6.45, 7) is 1.65. The zero-order valence-electron chi connectivity index (χ0n) is 16.0. The first kappa shape index (κ1) is 22.5. The lowest BCUT2D eigenvalue weighted by Crippen LogP contribution is -2.30. The van der Waals surface area contributed by atoms with Gasteiger partial charge < -0.3 is 4.74 Å². The van der Waals surface area contributed by atoms with Crippen LogP contribution >= 0.6 is 0 Å². The van der Waals surface area contributed by atoms with Crippen LogP contribution in [0.25, 0.3) is 0 Å². The summed E-state index contributed by atoms with van der Waals surface area (Å²) in [5.74, 6) is -0.552. The van der Waals surface area contributed by atoms with Gasteiger partial charge >= 0.3 is 0 Å². The van der Waals surface area contributed by atoms with E-state index in [1.54, 1.807) is 12.4 Å². The van der Waals surface area contributed by atoms with Crippen molar-refractivity contribution in [2.75, 3.05) is 26.5 Å². The van der Waals surface area contributed by atoms with E-state index in [-0.39, 0.29) is 11.8 Å². The molecule has 0 unspecified atom stereocenters. The maximum Gasteiger partial charge on any atom is 0.286 e. The Bertz CT molecular complexity index is 1130. The quantitative estimate of drug-likeness (QED) is 0.318. The molecule has 0 radical (unpaired) electrons. The Morgan fingerprint density at radius 2 is 1.76 bits per heavy atom. The van der Waals surface area contributed by atoms with Gasteiger partial charge in [-0.15, -0.1) is 4.40 Å². The minimum absolute atomic E-state index is 0.105. The molecule has 2 aromatic rings. The van der Waals surface area contributed by atoms with Crippen molar-refractivity contribution in [1.82, 2.24) is 19.8 Å². The van der Waals surface area contributed by atoms with Gasteiger partial charge in [0.2, 0.25) is 27.8 Å². The summed E-state index contributed by atoms with van der Waals surface area (Å²) in [6, 6.07) is 6.51. The Kier molecular flexibility index (Phi) is 6.73. The molecule has 0 spiro atoms. The van der Waals surface area contributed by atoms with Crippen LogP contribution in [0.5, 0.6) is 5.88 Å². The standard InChI is InChI=1S/C15H20N6O6S2/c1-10-9-13(27-4)17-14(16-10)18-15(19-22)20-28(23,24)11-7-5-6-8-12(11)29(25,26)21(2)3/h5-9,22H,1-4H3,(H2,16,17,18,19,20). The van der Waals surface area contributed by atoms with Gasteiger partial charge in [-0.2, -0.15) is 13.4 Å². The Balaban J connectivity index is 2.51. The number of nitrogens with one attached hydrogen (secondary N) is 2. The molecule has 0 atom stereocenters. The SMILES string of the molecule is COc1cc(C)nc(N/C(=N\S(=O)(=O)c2ccccc2S(=O)(=O)N(C)C)NO)n1. The second-order valence-corrected chi connectivity index (χ2v) is 9.45. The lowest BCUT2D eigenvalue weighted by Gasteiger charge is -2.14. The molecule has 14 heteroatoms. The summed E-state index contributed by atoms with van der Waals surface area (Å²) < 4.78 is 59.7. The Hall–Kier alpha value is -2.81. The van der Waals surface area contributed by atoms with E-state index < -0.39 is 35.8 Å². The number of nitrogens with zero attached hydrogens (tertiary/aromatic N) is 4. The van der Waals surface area contributed by atoms with Crippen LogP contribution in [0.3, 0.4) is 0 Å². The van der Waals surface area contributed by atoms with Gasteiger partial charge in [-0.05, 0) is 19.1 Å². The molecule has 158 valence electrons. The third-order valence-corrected chi connectivity index (χ3v) is 6.81. The number of benzene rings is 1. The smallest absolute Gasteiger partial charge is 0.286 e. The van der Waals surface area contributed by atoms with E-state index in [2.05, 4.69) is 19.7 Å². The van der Waals surface area contributed by atoms with Crippen LogP contribution in [0.15, 0.2) is 44.5 Å². The highest BCUT2D eigenvalue weighted by atomic mass is 32.2. The van der Waals surface area contributed by atoms with Gasteiger partial charge in [-0.1, -0.05) is 12.1 Å². The molecule has 29 heavy (non-hydrogen) atoms. The van der Waals surface area contributed by atoms with Crippen molar-refractivity contribution in [2.45, 2.75) is 16.7 Å². The molecule has 0 aliphatic heterocycles. The fourth-order valence-electron chi connectivity index (χ4n) is 2.12. The fourth-order valence-corrected chi connectivity index (χ4v) is 4.72. The maximum atomic E-state index is 12.7. The van der Waals surface area contributed by atoms with Crippen molar-refractivity contribution in [2.24, 2.45) is 4.40 Å². The van der Waals surface area contributed by atoms with Gasteiger partial charge in [-0.3, -0.25) is 10.5 Å². The minimum Gasteiger partial charge on any atom is -0.481 e. The number of ether oxygens (including phenoxy) is 1. The van der Waals surface area contributed by atoms with Crippen molar-refractivity contribution >= 4 is 32.0 Å². The molecular formula is C15H20N6O6S2. The van der Waals surface area contributed by atoms with Gasteiger partial charge in [0.25, 0.3) is 10.0 Å². The monoisotopic (exact) mass is 444 g/mol. The number of guanidine groups is 1. The number of hydrogen-bond acceptors (Lipinski definition) is 8. The van der Waals surface area contributed by atoms with E-state index in [0.717, 1.165) is 16.4 Å². The molecule has 1 aromatic heterocycles. The highest BCUT2D eigenvalue weighted by molar-refractivity contribution is 7.92. The van der Waals surface area contributed by atoms with E-state index in [4.69, 9.17) is 4.74 Å². The third kappa shape index (κ3) is 5.17. The number of anilines is 1. The summed E-state index contributed by atoms with van der Waals surface area (Å²) >= 11 is 0. The van der Waals surface area contributed by atoms with Crippen LogP contribution in [0, 0.1) is 6.92 Å². The average molecular weight is 444 g/mol. The van der Waals surface area contributed by atoms with Crippen molar-refractivity contribution in [3.63, 3.8) is 0 Å². The van der Waals surface area contributed by atoms with Crippen molar-refractivity contribution in [3.8, 4) is 5.88 Å². The van der Waals surface area contributed by atoms with Crippen LogP contribution in [0.1, 0.15) is 5.69 Å². The number of hydroxylamine groups is 1. The summed E-state index contributed by atoms with van der Waals surface area (Å²) in [5, 5.41) is 11.7. The van der Waals surface area contributed by atoms with Gasteiger partial charge in [0.05, 0.1) is 7.11 Å². The number of rotatable bonds is 6. The molecule has 0 amide bonds. The molecule has 0 fully saturated rings. The molecular weight excluding hydrogens is 424 g/mol. The molecule has 0 saturated heterocycles. The van der Waals surface area contributed by atoms with E-state index in [1.165, 1.54) is 39.4 Å². The fraction of sp³-hybridized carbons (Fsp3) is 0.267. The maximum absolute atomic E-state index is 12.7. The second-order valence-electron chi connectivity index (χ2n) is 5.76. The first-order valence-corrected chi connectivity index (χ1v) is 10.8. The highest BCUT2D eigenvalue weighted by Crippen LogP contribution is 2.24. The number of hydrogen-bond donors (Lipinski definition) is 3. The van der Waals surface area contributed by atoms with Gasteiger partial charge in [-0.25, -0.2) is 23.2 Å². The van der Waals surface area contributed by atoms with Gasteiger partial charge in [0.1, 0.15) is 9.79 Å². The summed E-state index contributed by atoms with van der Waals surface area (Å²) in [5.41, 5.74) is 2.10. The zero-order valence-corrected chi connectivity index (χ0v) is 17.6. The van der Waals surface area contributed by atoms with Gasteiger partial charge in [0, 0.05) is 25.9 Å². The minimum atomic E-state index is -4.55. The molecule has 0 aliphatic rings. The average Bonchev–Trinajstić information content (AvgIpc) is 2.66. The Labute approximate surface area is 168 Å².